The molecule has 0 atom stereocenters. The fourth-order valence-corrected chi connectivity index (χ4v) is 5.25. The molecule has 1 saturated heterocycles. The summed E-state index contributed by atoms with van der Waals surface area (Å²) < 4.78 is 39.0. The van der Waals surface area contributed by atoms with Crippen molar-refractivity contribution in [3.8, 4) is 0 Å². The molecule has 2 aromatic carbocycles. The van der Waals surface area contributed by atoms with E-state index in [2.05, 4.69) is 27.1 Å². The van der Waals surface area contributed by atoms with Crippen LogP contribution in [0, 0.1) is 12.7 Å². The smallest absolute Gasteiger partial charge is 0.227 e. The number of hydrogen-bond acceptors (Lipinski definition) is 7. The molecule has 1 aliphatic rings. The molecule has 0 radical (unpaired) electrons. The standard InChI is InChI=1S/C28H36FN5O2S/c1-20-18-30-27(31-24-15-23(29)16-25(17-24)34-11-9-33(5)10-12-34)32-26(20)14-21-7-6-8-22(13-21)19-37(35,36)28(2,3)4/h6-8,13,15-18H,9-12,14,19H2,1-5H3,(H,30,31,32). The third-order valence-electron chi connectivity index (χ3n) is 6.74. The largest absolute Gasteiger partial charge is 0.369 e. The van der Waals surface area contributed by atoms with Crippen LogP contribution in [0.5, 0.6) is 0 Å². The van der Waals surface area contributed by atoms with Crippen molar-refractivity contribution in [1.29, 1.82) is 0 Å². The van der Waals surface area contributed by atoms with Crippen molar-refractivity contribution in [3.05, 3.63) is 76.9 Å². The first-order chi connectivity index (χ1) is 17.4. The minimum absolute atomic E-state index is 0.00485. The van der Waals surface area contributed by atoms with Gasteiger partial charge in [-0.25, -0.2) is 22.8 Å². The van der Waals surface area contributed by atoms with E-state index >= 15 is 0 Å². The minimum atomic E-state index is -3.28. The predicted molar refractivity (Wildman–Crippen MR) is 148 cm³/mol. The van der Waals surface area contributed by atoms with Gasteiger partial charge in [0.15, 0.2) is 9.84 Å². The SMILES string of the molecule is Cc1cnc(Nc2cc(F)cc(N3CCN(C)CC3)c2)nc1Cc1cccc(CS(=O)(=O)C(C)(C)C)c1. The number of sulfone groups is 1. The highest BCUT2D eigenvalue weighted by Gasteiger charge is 2.29. The number of nitrogens with zero attached hydrogens (tertiary/aromatic N) is 4. The van der Waals surface area contributed by atoms with Crippen molar-refractivity contribution >= 4 is 27.2 Å². The lowest BCUT2D eigenvalue weighted by atomic mass is 10.0. The molecule has 0 unspecified atom stereocenters. The Labute approximate surface area is 219 Å². The van der Waals surface area contributed by atoms with Crippen LogP contribution in [0.2, 0.25) is 0 Å². The van der Waals surface area contributed by atoms with Gasteiger partial charge in [0.2, 0.25) is 5.95 Å². The number of aromatic nitrogens is 2. The zero-order valence-corrected chi connectivity index (χ0v) is 23.1. The van der Waals surface area contributed by atoms with Gasteiger partial charge < -0.3 is 15.1 Å². The first-order valence-corrected chi connectivity index (χ1v) is 14.2. The second-order valence-corrected chi connectivity index (χ2v) is 13.5. The van der Waals surface area contributed by atoms with Crippen molar-refractivity contribution in [2.24, 2.45) is 0 Å². The van der Waals surface area contributed by atoms with Crippen LogP contribution < -0.4 is 10.2 Å². The van der Waals surface area contributed by atoms with E-state index in [1.54, 1.807) is 33.0 Å². The van der Waals surface area contributed by atoms with E-state index in [1.807, 2.05) is 37.3 Å². The molecule has 0 spiro atoms. The van der Waals surface area contributed by atoms with Gasteiger partial charge in [-0.15, -0.1) is 0 Å². The Morgan fingerprint density at radius 3 is 2.43 bits per heavy atom. The number of rotatable bonds is 7. The fraction of sp³-hybridized carbons (Fsp3) is 0.429. The highest BCUT2D eigenvalue weighted by atomic mass is 32.2. The van der Waals surface area contributed by atoms with E-state index in [4.69, 9.17) is 4.98 Å². The van der Waals surface area contributed by atoms with E-state index in [1.165, 1.54) is 6.07 Å². The maximum Gasteiger partial charge on any atom is 0.227 e. The average Bonchev–Trinajstić information content (AvgIpc) is 2.80. The van der Waals surface area contributed by atoms with Crippen LogP contribution in [0.15, 0.2) is 48.7 Å². The minimum Gasteiger partial charge on any atom is -0.369 e. The lowest BCUT2D eigenvalue weighted by molar-refractivity contribution is 0.313. The van der Waals surface area contributed by atoms with Crippen LogP contribution >= 0.6 is 0 Å². The van der Waals surface area contributed by atoms with Crippen LogP contribution in [-0.2, 0) is 22.0 Å². The first-order valence-electron chi connectivity index (χ1n) is 12.5. The summed E-state index contributed by atoms with van der Waals surface area (Å²) in [6.07, 6.45) is 2.28. The molecular weight excluding hydrogens is 489 g/mol. The van der Waals surface area contributed by atoms with Crippen molar-refractivity contribution in [2.45, 2.75) is 44.6 Å². The monoisotopic (exact) mass is 525 g/mol. The van der Waals surface area contributed by atoms with E-state index in [-0.39, 0.29) is 11.6 Å². The van der Waals surface area contributed by atoms with Crippen LogP contribution in [-0.4, -0.2) is 61.3 Å². The summed E-state index contributed by atoms with van der Waals surface area (Å²) >= 11 is 0. The quantitative estimate of drug-likeness (QED) is 0.478. The van der Waals surface area contributed by atoms with Crippen molar-refractivity contribution in [2.75, 3.05) is 43.4 Å². The molecule has 2 heterocycles. The van der Waals surface area contributed by atoms with Gasteiger partial charge >= 0.3 is 0 Å². The summed E-state index contributed by atoms with van der Waals surface area (Å²) in [5.74, 6) is 0.0741. The summed E-state index contributed by atoms with van der Waals surface area (Å²) in [6, 6.07) is 12.5. The first kappa shape index (κ1) is 27.0. The maximum atomic E-state index is 14.5. The Morgan fingerprint density at radius 2 is 1.73 bits per heavy atom. The molecule has 1 aromatic heterocycles. The summed E-state index contributed by atoms with van der Waals surface area (Å²) in [4.78, 5) is 13.6. The Morgan fingerprint density at radius 1 is 1.03 bits per heavy atom. The molecule has 1 aliphatic heterocycles. The molecule has 4 rings (SSSR count). The lowest BCUT2D eigenvalue weighted by Crippen LogP contribution is -2.44. The Kier molecular flexibility index (Phi) is 7.85. The summed E-state index contributed by atoms with van der Waals surface area (Å²) in [5.41, 5.74) is 4.91. The number of anilines is 3. The van der Waals surface area contributed by atoms with Crippen LogP contribution in [0.4, 0.5) is 21.7 Å². The molecular formula is C28H36FN5O2S. The molecule has 0 aliphatic carbocycles. The van der Waals surface area contributed by atoms with Crippen LogP contribution in [0.25, 0.3) is 0 Å². The molecule has 1 N–H and O–H groups in total. The van der Waals surface area contributed by atoms with Crippen molar-refractivity contribution < 1.29 is 12.8 Å². The number of benzene rings is 2. The Balaban J connectivity index is 1.52. The number of halogens is 1. The zero-order chi connectivity index (χ0) is 26.8. The Bertz CT molecular complexity index is 1360. The molecule has 198 valence electrons. The normalized spacial score (nSPS) is 15.1. The molecule has 0 amide bonds. The molecule has 9 heteroatoms. The number of likely N-dealkylation sites (N-methyl/N-ethyl adjacent to an activating group) is 1. The number of piperazine rings is 1. The number of nitrogens with one attached hydrogen (secondary N) is 1. The van der Waals surface area contributed by atoms with Gasteiger partial charge in [-0.2, -0.15) is 0 Å². The summed E-state index contributed by atoms with van der Waals surface area (Å²) in [5, 5.41) is 3.17. The van der Waals surface area contributed by atoms with Gasteiger partial charge in [0.25, 0.3) is 0 Å². The van der Waals surface area contributed by atoms with Gasteiger partial charge in [-0.05, 0) is 69.6 Å². The van der Waals surface area contributed by atoms with E-state index in [9.17, 15) is 12.8 Å². The van der Waals surface area contributed by atoms with E-state index in [0.717, 1.165) is 54.3 Å². The lowest BCUT2D eigenvalue weighted by Gasteiger charge is -2.34. The Hall–Kier alpha value is -3.04. The van der Waals surface area contributed by atoms with Gasteiger partial charge in [-0.1, -0.05) is 24.3 Å². The van der Waals surface area contributed by atoms with Crippen LogP contribution in [0.1, 0.15) is 43.2 Å². The third kappa shape index (κ3) is 6.84. The number of aryl methyl sites for hydroxylation is 1. The van der Waals surface area contributed by atoms with E-state index < -0.39 is 14.6 Å². The van der Waals surface area contributed by atoms with Gasteiger partial charge in [0, 0.05) is 50.2 Å². The van der Waals surface area contributed by atoms with Crippen molar-refractivity contribution in [3.63, 3.8) is 0 Å². The second kappa shape index (κ2) is 10.8. The topological polar surface area (TPSA) is 78.4 Å². The second-order valence-electron chi connectivity index (χ2n) is 10.8. The van der Waals surface area contributed by atoms with Crippen molar-refractivity contribution in [1.82, 2.24) is 14.9 Å². The molecule has 7 nitrogen and oxygen atoms in total. The van der Waals surface area contributed by atoms with Gasteiger partial charge in [-0.3, -0.25) is 0 Å². The number of hydrogen-bond donors (Lipinski definition) is 1. The molecule has 3 aromatic rings. The average molecular weight is 526 g/mol. The molecule has 1 fully saturated rings. The van der Waals surface area contributed by atoms with Gasteiger partial charge in [0.1, 0.15) is 5.82 Å². The van der Waals surface area contributed by atoms with Gasteiger partial charge in [0.05, 0.1) is 16.2 Å². The highest BCUT2D eigenvalue weighted by Crippen LogP contribution is 2.26. The summed E-state index contributed by atoms with van der Waals surface area (Å²) in [7, 11) is -1.19. The third-order valence-corrected chi connectivity index (χ3v) is 9.32. The fourth-order valence-electron chi connectivity index (χ4n) is 4.20. The molecule has 0 saturated carbocycles. The molecule has 0 bridgehead atoms. The zero-order valence-electron chi connectivity index (χ0n) is 22.3. The summed E-state index contributed by atoms with van der Waals surface area (Å²) in [6.45, 7) is 10.7. The van der Waals surface area contributed by atoms with E-state index in [0.29, 0.717) is 18.1 Å². The molecule has 37 heavy (non-hydrogen) atoms. The predicted octanol–water partition coefficient (Wildman–Crippen LogP) is 4.72. The van der Waals surface area contributed by atoms with Crippen LogP contribution in [0.3, 0.4) is 0 Å². The highest BCUT2D eigenvalue weighted by molar-refractivity contribution is 7.91. The maximum absolute atomic E-state index is 14.5.